The molecule has 4 rings (SSSR count). The van der Waals surface area contributed by atoms with Crippen molar-refractivity contribution in [1.29, 1.82) is 0 Å². The topological polar surface area (TPSA) is 68.1 Å². The van der Waals surface area contributed by atoms with E-state index in [2.05, 4.69) is 10.2 Å². The van der Waals surface area contributed by atoms with E-state index in [9.17, 15) is 4.79 Å². The van der Waals surface area contributed by atoms with Gasteiger partial charge >= 0.3 is 0 Å². The highest BCUT2D eigenvalue weighted by Gasteiger charge is 2.11. The minimum absolute atomic E-state index is 0.211. The first-order valence-electron chi connectivity index (χ1n) is 7.97. The predicted molar refractivity (Wildman–Crippen MR) is 95.1 cm³/mol. The minimum Gasteiger partial charge on any atom is -0.460 e. The maximum absolute atomic E-state index is 11.1. The normalized spacial score (nSPS) is 10.9. The molecule has 0 bridgehead atoms. The van der Waals surface area contributed by atoms with Crippen molar-refractivity contribution >= 4 is 11.0 Å². The standard InChI is InChI=1S/C20H16N2O3/c1-13-3-2-4-17(9-13)25-18-12-14(10-15-7-8-24-20(15)18)11-16-5-6-19(23)22-21-16/h2-10,12H,11H2,1H3,(H,22,23). The maximum Gasteiger partial charge on any atom is 0.264 e. The SMILES string of the molecule is Cc1cccc(Oc2cc(Cc3ccc(=O)[nH]n3)cc3ccoc23)c1. The lowest BCUT2D eigenvalue weighted by Crippen LogP contribution is -2.07. The third-order valence-corrected chi connectivity index (χ3v) is 3.92. The van der Waals surface area contributed by atoms with Gasteiger partial charge in [0.05, 0.1) is 12.0 Å². The van der Waals surface area contributed by atoms with Crippen LogP contribution in [0.4, 0.5) is 0 Å². The van der Waals surface area contributed by atoms with Crippen molar-refractivity contribution in [3.05, 3.63) is 88.0 Å². The summed E-state index contributed by atoms with van der Waals surface area (Å²) in [5.74, 6) is 1.42. The van der Waals surface area contributed by atoms with E-state index in [0.29, 0.717) is 17.8 Å². The highest BCUT2D eigenvalue weighted by Crippen LogP contribution is 2.33. The molecule has 4 aromatic rings. The lowest BCUT2D eigenvalue weighted by molar-refractivity contribution is 0.472. The second-order valence-corrected chi connectivity index (χ2v) is 5.94. The Bertz CT molecular complexity index is 1080. The van der Waals surface area contributed by atoms with Crippen LogP contribution >= 0.6 is 0 Å². The number of fused-ring (bicyclic) bond motifs is 1. The van der Waals surface area contributed by atoms with E-state index in [1.807, 2.05) is 49.4 Å². The van der Waals surface area contributed by atoms with Crippen LogP contribution in [0.5, 0.6) is 11.5 Å². The summed E-state index contributed by atoms with van der Waals surface area (Å²) in [5, 5.41) is 7.48. The molecule has 2 heterocycles. The Morgan fingerprint density at radius 2 is 2.04 bits per heavy atom. The van der Waals surface area contributed by atoms with Crippen LogP contribution in [0.3, 0.4) is 0 Å². The molecule has 0 spiro atoms. The Kier molecular flexibility index (Phi) is 3.82. The summed E-state index contributed by atoms with van der Waals surface area (Å²) in [6, 6.07) is 17.0. The van der Waals surface area contributed by atoms with Crippen molar-refractivity contribution in [2.45, 2.75) is 13.3 Å². The highest BCUT2D eigenvalue weighted by atomic mass is 16.5. The summed E-state index contributed by atoms with van der Waals surface area (Å²) in [7, 11) is 0. The van der Waals surface area contributed by atoms with Crippen molar-refractivity contribution in [2.75, 3.05) is 0 Å². The monoisotopic (exact) mass is 332 g/mol. The first kappa shape index (κ1) is 15.2. The van der Waals surface area contributed by atoms with Gasteiger partial charge in [0.2, 0.25) is 0 Å². The molecule has 0 unspecified atom stereocenters. The van der Waals surface area contributed by atoms with Crippen LogP contribution in [0.1, 0.15) is 16.8 Å². The van der Waals surface area contributed by atoms with Gasteiger partial charge in [0.15, 0.2) is 11.3 Å². The number of aromatic amines is 1. The number of nitrogens with one attached hydrogen (secondary N) is 1. The first-order chi connectivity index (χ1) is 12.2. The Labute approximate surface area is 143 Å². The van der Waals surface area contributed by atoms with Crippen LogP contribution < -0.4 is 10.3 Å². The third kappa shape index (κ3) is 3.30. The molecule has 5 nitrogen and oxygen atoms in total. The molecule has 0 aliphatic heterocycles. The van der Waals surface area contributed by atoms with Gasteiger partial charge in [-0.3, -0.25) is 4.79 Å². The van der Waals surface area contributed by atoms with Gasteiger partial charge in [0.25, 0.3) is 5.56 Å². The molecule has 0 atom stereocenters. The summed E-state index contributed by atoms with van der Waals surface area (Å²) in [4.78, 5) is 11.1. The van der Waals surface area contributed by atoms with Gasteiger partial charge < -0.3 is 9.15 Å². The van der Waals surface area contributed by atoms with E-state index in [4.69, 9.17) is 9.15 Å². The number of hydrogen-bond acceptors (Lipinski definition) is 4. The van der Waals surface area contributed by atoms with Crippen molar-refractivity contribution < 1.29 is 9.15 Å². The number of ether oxygens (including phenoxy) is 1. The molecule has 0 aliphatic rings. The summed E-state index contributed by atoms with van der Waals surface area (Å²) in [5.41, 5.74) is 3.43. The molecule has 5 heteroatoms. The van der Waals surface area contributed by atoms with Gasteiger partial charge in [-0.05, 0) is 54.4 Å². The Hall–Kier alpha value is -3.34. The fourth-order valence-electron chi connectivity index (χ4n) is 2.77. The van der Waals surface area contributed by atoms with Crippen LogP contribution in [0, 0.1) is 6.92 Å². The van der Waals surface area contributed by atoms with Gasteiger partial charge in [-0.25, -0.2) is 5.10 Å². The average Bonchev–Trinajstić information content (AvgIpc) is 3.06. The Morgan fingerprint density at radius 1 is 1.12 bits per heavy atom. The van der Waals surface area contributed by atoms with Gasteiger partial charge in [-0.1, -0.05) is 12.1 Å². The number of aromatic nitrogens is 2. The molecule has 0 fully saturated rings. The summed E-state index contributed by atoms with van der Waals surface area (Å²) >= 11 is 0. The molecule has 0 saturated carbocycles. The molecule has 0 amide bonds. The number of aryl methyl sites for hydroxylation is 1. The number of rotatable bonds is 4. The van der Waals surface area contributed by atoms with Gasteiger partial charge in [0, 0.05) is 17.9 Å². The van der Waals surface area contributed by atoms with Crippen LogP contribution in [0.2, 0.25) is 0 Å². The van der Waals surface area contributed by atoms with Gasteiger partial charge in [-0.15, -0.1) is 0 Å². The van der Waals surface area contributed by atoms with E-state index in [1.165, 1.54) is 6.07 Å². The zero-order chi connectivity index (χ0) is 17.2. The summed E-state index contributed by atoms with van der Waals surface area (Å²) < 4.78 is 11.6. The molecule has 124 valence electrons. The summed E-state index contributed by atoms with van der Waals surface area (Å²) in [6.07, 6.45) is 2.23. The van der Waals surface area contributed by atoms with Crippen molar-refractivity contribution in [3.63, 3.8) is 0 Å². The Balaban J connectivity index is 1.71. The molecular weight excluding hydrogens is 316 g/mol. The van der Waals surface area contributed by atoms with Crippen LogP contribution in [-0.2, 0) is 6.42 Å². The fourth-order valence-corrected chi connectivity index (χ4v) is 2.77. The van der Waals surface area contributed by atoms with Crippen LogP contribution in [0.25, 0.3) is 11.0 Å². The highest BCUT2D eigenvalue weighted by molar-refractivity contribution is 5.84. The minimum atomic E-state index is -0.211. The van der Waals surface area contributed by atoms with E-state index < -0.39 is 0 Å². The van der Waals surface area contributed by atoms with E-state index in [-0.39, 0.29) is 5.56 Å². The second kappa shape index (κ2) is 6.28. The predicted octanol–water partition coefficient (Wildman–Crippen LogP) is 4.21. The molecular formula is C20H16N2O3. The average molecular weight is 332 g/mol. The molecule has 2 aromatic carbocycles. The molecule has 25 heavy (non-hydrogen) atoms. The lowest BCUT2D eigenvalue weighted by atomic mass is 10.1. The number of benzene rings is 2. The maximum atomic E-state index is 11.1. The van der Waals surface area contributed by atoms with E-state index in [0.717, 1.165) is 28.0 Å². The second-order valence-electron chi connectivity index (χ2n) is 5.94. The zero-order valence-corrected chi connectivity index (χ0v) is 13.7. The molecule has 0 radical (unpaired) electrons. The number of nitrogens with zero attached hydrogens (tertiary/aromatic N) is 1. The molecule has 0 saturated heterocycles. The van der Waals surface area contributed by atoms with Crippen LogP contribution in [-0.4, -0.2) is 10.2 Å². The molecule has 1 N–H and O–H groups in total. The first-order valence-corrected chi connectivity index (χ1v) is 7.97. The fraction of sp³-hybridized carbons (Fsp3) is 0.100. The van der Waals surface area contributed by atoms with E-state index in [1.54, 1.807) is 12.3 Å². The zero-order valence-electron chi connectivity index (χ0n) is 13.7. The molecule has 2 aromatic heterocycles. The summed E-state index contributed by atoms with van der Waals surface area (Å²) in [6.45, 7) is 2.02. The van der Waals surface area contributed by atoms with Gasteiger partial charge in [-0.2, -0.15) is 5.10 Å². The third-order valence-electron chi connectivity index (χ3n) is 3.92. The smallest absolute Gasteiger partial charge is 0.264 e. The van der Waals surface area contributed by atoms with Crippen molar-refractivity contribution in [1.82, 2.24) is 10.2 Å². The van der Waals surface area contributed by atoms with E-state index >= 15 is 0 Å². The Morgan fingerprint density at radius 3 is 2.84 bits per heavy atom. The van der Waals surface area contributed by atoms with Crippen molar-refractivity contribution in [3.8, 4) is 11.5 Å². The molecule has 0 aliphatic carbocycles. The number of furan rings is 1. The number of hydrogen-bond donors (Lipinski definition) is 1. The lowest BCUT2D eigenvalue weighted by Gasteiger charge is -2.09. The quantitative estimate of drug-likeness (QED) is 0.608. The van der Waals surface area contributed by atoms with Crippen molar-refractivity contribution in [2.24, 2.45) is 0 Å². The number of H-pyrrole nitrogens is 1. The van der Waals surface area contributed by atoms with Gasteiger partial charge in [0.1, 0.15) is 5.75 Å². The van der Waals surface area contributed by atoms with Crippen LogP contribution in [0.15, 0.2) is 70.1 Å². The largest absolute Gasteiger partial charge is 0.460 e.